The van der Waals surface area contributed by atoms with Gasteiger partial charge in [-0.3, -0.25) is 9.59 Å². The lowest BCUT2D eigenvalue weighted by Crippen LogP contribution is -2.36. The quantitative estimate of drug-likeness (QED) is 0.360. The number of halogens is 2. The van der Waals surface area contributed by atoms with E-state index in [0.717, 1.165) is 9.98 Å². The molecule has 0 aromatic heterocycles. The maximum absolute atomic E-state index is 12.8. The first-order chi connectivity index (χ1) is 13.3. The van der Waals surface area contributed by atoms with Gasteiger partial charge in [0.2, 0.25) is 6.04 Å². The van der Waals surface area contributed by atoms with Crippen molar-refractivity contribution in [2.45, 2.75) is 19.9 Å². The van der Waals surface area contributed by atoms with Crippen molar-refractivity contribution >= 4 is 46.4 Å². The summed E-state index contributed by atoms with van der Waals surface area (Å²) in [6.07, 6.45) is 0. The number of carbonyl (C=O) groups is 2. The zero-order valence-electron chi connectivity index (χ0n) is 15.8. The molecule has 2 rings (SSSR count). The van der Waals surface area contributed by atoms with Crippen LogP contribution in [-0.2, 0) is 9.59 Å². The number of ether oxygens (including phenoxy) is 2. The van der Waals surface area contributed by atoms with E-state index in [9.17, 15) is 9.59 Å². The highest BCUT2D eigenvalue weighted by atomic mass is 35.5. The molecule has 0 N–H and O–H groups in total. The summed E-state index contributed by atoms with van der Waals surface area (Å²) in [5, 5.41) is 8.24. The van der Waals surface area contributed by atoms with Crippen LogP contribution in [0.25, 0.3) is 0 Å². The Hall–Kier alpha value is -2.64. The van der Waals surface area contributed by atoms with Crippen molar-refractivity contribution in [2.24, 2.45) is 10.2 Å². The smallest absolute Gasteiger partial charge is 0.276 e. The van der Waals surface area contributed by atoms with Crippen LogP contribution in [0.15, 0.2) is 46.6 Å². The third-order valence-electron chi connectivity index (χ3n) is 3.86. The fourth-order valence-electron chi connectivity index (χ4n) is 2.38. The van der Waals surface area contributed by atoms with Crippen molar-refractivity contribution in [1.29, 1.82) is 0 Å². The van der Waals surface area contributed by atoms with Crippen molar-refractivity contribution < 1.29 is 19.1 Å². The van der Waals surface area contributed by atoms with Gasteiger partial charge in [0.15, 0.2) is 17.3 Å². The Balaban J connectivity index is 2.37. The normalized spacial score (nSPS) is 11.9. The number of azo groups is 1. The molecule has 28 heavy (non-hydrogen) atoms. The van der Waals surface area contributed by atoms with E-state index < -0.39 is 17.7 Å². The summed E-state index contributed by atoms with van der Waals surface area (Å²) in [5.74, 6) is -0.682. The first kappa shape index (κ1) is 21.7. The van der Waals surface area contributed by atoms with Crippen LogP contribution in [0.5, 0.6) is 11.5 Å². The Labute approximate surface area is 173 Å². The second-order valence-electron chi connectivity index (χ2n) is 5.77. The van der Waals surface area contributed by atoms with E-state index in [4.69, 9.17) is 32.9 Å². The van der Waals surface area contributed by atoms with E-state index in [1.54, 1.807) is 30.3 Å². The van der Waals surface area contributed by atoms with Gasteiger partial charge in [-0.25, -0.2) is 4.42 Å². The minimum absolute atomic E-state index is 0.212. The van der Waals surface area contributed by atoms with Gasteiger partial charge in [-0.05, 0) is 37.6 Å². The Bertz CT molecular complexity index is 918. The van der Waals surface area contributed by atoms with Crippen LogP contribution < -0.4 is 13.9 Å². The molecule has 0 fully saturated rings. The van der Waals surface area contributed by atoms with Crippen LogP contribution in [0.1, 0.15) is 12.5 Å². The molecular formula is C19H19Cl2N3O4. The standard InChI is InChI=1S/C19H19Cl2N3O4/c1-11-7-5-8-13(16(11)20)22-23-17(12(2)25)19(26)24(21)14-9-6-10-15(27-3)18(14)28-4/h5-10,17H,1-4H3. The van der Waals surface area contributed by atoms with Crippen molar-refractivity contribution in [3.63, 3.8) is 0 Å². The van der Waals surface area contributed by atoms with Crippen LogP contribution >= 0.6 is 23.4 Å². The summed E-state index contributed by atoms with van der Waals surface area (Å²) >= 11 is 12.4. The zero-order valence-corrected chi connectivity index (χ0v) is 17.3. The average molecular weight is 424 g/mol. The lowest BCUT2D eigenvalue weighted by atomic mass is 10.2. The molecule has 9 heteroatoms. The number of amides is 1. The van der Waals surface area contributed by atoms with Crippen molar-refractivity contribution in [2.75, 3.05) is 18.6 Å². The number of nitrogens with zero attached hydrogens (tertiary/aromatic N) is 3. The molecule has 1 amide bonds. The van der Waals surface area contributed by atoms with E-state index >= 15 is 0 Å². The summed E-state index contributed by atoms with van der Waals surface area (Å²) in [6.45, 7) is 3.04. The summed E-state index contributed by atoms with van der Waals surface area (Å²) in [7, 11) is 2.87. The molecule has 0 heterocycles. The number of carbonyl (C=O) groups excluding carboxylic acids is 2. The Morgan fingerprint density at radius 1 is 1.11 bits per heavy atom. The molecule has 0 aliphatic carbocycles. The predicted molar refractivity (Wildman–Crippen MR) is 108 cm³/mol. The zero-order chi connectivity index (χ0) is 20.8. The number of Topliss-reactive ketones (excluding diaryl/α,β-unsaturated/α-hetero) is 1. The first-order valence-electron chi connectivity index (χ1n) is 8.19. The monoisotopic (exact) mass is 423 g/mol. The minimum Gasteiger partial charge on any atom is -0.493 e. The van der Waals surface area contributed by atoms with Crippen LogP contribution in [0.4, 0.5) is 11.4 Å². The molecule has 0 radical (unpaired) electrons. The molecule has 0 aliphatic heterocycles. The van der Waals surface area contributed by atoms with Gasteiger partial charge in [0.1, 0.15) is 11.4 Å². The second kappa shape index (κ2) is 9.52. The van der Waals surface area contributed by atoms with Crippen LogP contribution in [0.3, 0.4) is 0 Å². The molecular weight excluding hydrogens is 405 g/mol. The molecule has 148 valence electrons. The van der Waals surface area contributed by atoms with E-state index in [2.05, 4.69) is 10.2 Å². The molecule has 1 atom stereocenters. The van der Waals surface area contributed by atoms with Crippen LogP contribution in [-0.4, -0.2) is 32.0 Å². The van der Waals surface area contributed by atoms with Gasteiger partial charge in [0.05, 0.1) is 19.2 Å². The first-order valence-corrected chi connectivity index (χ1v) is 8.90. The topological polar surface area (TPSA) is 80.6 Å². The maximum atomic E-state index is 12.8. The number of benzene rings is 2. The van der Waals surface area contributed by atoms with Gasteiger partial charge in [-0.2, -0.15) is 10.2 Å². The molecule has 0 spiro atoms. The number of para-hydroxylation sites is 1. The molecule has 0 saturated heterocycles. The molecule has 2 aromatic carbocycles. The molecule has 0 aliphatic rings. The van der Waals surface area contributed by atoms with E-state index in [1.807, 2.05) is 13.0 Å². The number of anilines is 1. The van der Waals surface area contributed by atoms with Crippen molar-refractivity contribution in [3.8, 4) is 11.5 Å². The van der Waals surface area contributed by atoms with Gasteiger partial charge in [0.25, 0.3) is 5.91 Å². The highest BCUT2D eigenvalue weighted by Crippen LogP contribution is 2.38. The average Bonchev–Trinajstić information content (AvgIpc) is 2.69. The number of methoxy groups -OCH3 is 2. The SMILES string of the molecule is COc1cccc(N(Cl)C(=O)C(N=Nc2cccc(C)c2Cl)C(C)=O)c1OC. The molecule has 0 bridgehead atoms. The number of aryl methyl sites for hydroxylation is 1. The van der Waals surface area contributed by atoms with Gasteiger partial charge < -0.3 is 9.47 Å². The van der Waals surface area contributed by atoms with Crippen molar-refractivity contribution in [1.82, 2.24) is 0 Å². The van der Waals surface area contributed by atoms with Crippen LogP contribution in [0, 0.1) is 6.92 Å². The third kappa shape index (κ3) is 4.61. The molecule has 2 aromatic rings. The highest BCUT2D eigenvalue weighted by molar-refractivity contribution is 6.39. The molecule has 0 saturated carbocycles. The third-order valence-corrected chi connectivity index (χ3v) is 4.70. The maximum Gasteiger partial charge on any atom is 0.276 e. The van der Waals surface area contributed by atoms with Gasteiger partial charge in [-0.15, -0.1) is 0 Å². The van der Waals surface area contributed by atoms with E-state index in [1.165, 1.54) is 21.1 Å². The fourth-order valence-corrected chi connectivity index (χ4v) is 2.77. The van der Waals surface area contributed by atoms with E-state index in [0.29, 0.717) is 16.5 Å². The highest BCUT2D eigenvalue weighted by Gasteiger charge is 2.31. The predicted octanol–water partition coefficient (Wildman–Crippen LogP) is 4.89. The Morgan fingerprint density at radius 3 is 2.39 bits per heavy atom. The lowest BCUT2D eigenvalue weighted by Gasteiger charge is -2.20. The largest absolute Gasteiger partial charge is 0.493 e. The number of hydrogen-bond donors (Lipinski definition) is 0. The van der Waals surface area contributed by atoms with Crippen LogP contribution in [0.2, 0.25) is 5.02 Å². The van der Waals surface area contributed by atoms with Gasteiger partial charge in [-0.1, -0.05) is 29.8 Å². The Kier molecular flexibility index (Phi) is 7.37. The Morgan fingerprint density at radius 2 is 1.79 bits per heavy atom. The van der Waals surface area contributed by atoms with Gasteiger partial charge in [0, 0.05) is 11.8 Å². The molecule has 7 nitrogen and oxygen atoms in total. The lowest BCUT2D eigenvalue weighted by molar-refractivity contribution is -0.126. The number of hydrogen-bond acceptors (Lipinski definition) is 6. The fraction of sp³-hybridized carbons (Fsp3) is 0.263. The summed E-state index contributed by atoms with van der Waals surface area (Å²) in [6, 6.07) is 8.59. The summed E-state index contributed by atoms with van der Waals surface area (Å²) in [4.78, 5) is 24.8. The number of rotatable bonds is 7. The summed E-state index contributed by atoms with van der Waals surface area (Å²) < 4.78 is 11.2. The van der Waals surface area contributed by atoms with E-state index in [-0.39, 0.29) is 11.4 Å². The summed E-state index contributed by atoms with van der Waals surface area (Å²) in [5.41, 5.74) is 1.35. The second-order valence-corrected chi connectivity index (χ2v) is 6.48. The van der Waals surface area contributed by atoms with Crippen molar-refractivity contribution in [3.05, 3.63) is 47.0 Å². The number of ketones is 1. The molecule has 1 unspecified atom stereocenters. The minimum atomic E-state index is -1.44. The van der Waals surface area contributed by atoms with Gasteiger partial charge >= 0.3 is 0 Å².